The molecule has 5 heteroatoms. The van der Waals surface area contributed by atoms with E-state index in [0.717, 1.165) is 49.7 Å². The molecule has 1 unspecified atom stereocenters. The molecule has 1 N–H and O–H groups in total. The molecule has 2 rings (SSSR count). The maximum atomic E-state index is 11.9. The summed E-state index contributed by atoms with van der Waals surface area (Å²) in [5.41, 5.74) is 0. The van der Waals surface area contributed by atoms with Crippen molar-refractivity contribution in [3.63, 3.8) is 0 Å². The summed E-state index contributed by atoms with van der Waals surface area (Å²) in [6.45, 7) is 6.24. The minimum atomic E-state index is 0.169. The standard InChI is InChI=1S/C17H25ClN2O2/c1-2-19-17(21)14-4-3-10-20(11-9-14)12-13-22-16-7-5-15(18)6-8-16/h5-8,14H,2-4,9-13H2,1H3,(H,19,21). The zero-order valence-electron chi connectivity index (χ0n) is 13.2. The van der Waals surface area contributed by atoms with Crippen molar-refractivity contribution < 1.29 is 9.53 Å². The Bertz CT molecular complexity index is 464. The molecular weight excluding hydrogens is 300 g/mol. The molecule has 1 aliphatic heterocycles. The predicted molar refractivity (Wildman–Crippen MR) is 89.4 cm³/mol. The van der Waals surface area contributed by atoms with E-state index in [0.29, 0.717) is 13.2 Å². The van der Waals surface area contributed by atoms with Gasteiger partial charge in [-0.3, -0.25) is 9.69 Å². The molecule has 122 valence electrons. The second-order valence-electron chi connectivity index (χ2n) is 5.67. The monoisotopic (exact) mass is 324 g/mol. The zero-order valence-corrected chi connectivity index (χ0v) is 13.9. The van der Waals surface area contributed by atoms with E-state index in [4.69, 9.17) is 16.3 Å². The molecule has 0 bridgehead atoms. The fourth-order valence-electron chi connectivity index (χ4n) is 2.78. The van der Waals surface area contributed by atoms with Gasteiger partial charge in [-0.2, -0.15) is 0 Å². The van der Waals surface area contributed by atoms with E-state index >= 15 is 0 Å². The summed E-state index contributed by atoms with van der Waals surface area (Å²) < 4.78 is 5.74. The summed E-state index contributed by atoms with van der Waals surface area (Å²) in [6.07, 6.45) is 3.00. The maximum absolute atomic E-state index is 11.9. The SMILES string of the molecule is CCNC(=O)C1CCCN(CCOc2ccc(Cl)cc2)CC1. The van der Waals surface area contributed by atoms with Gasteiger partial charge >= 0.3 is 0 Å². The Hall–Kier alpha value is -1.26. The summed E-state index contributed by atoms with van der Waals surface area (Å²) in [5, 5.41) is 3.65. The second-order valence-corrected chi connectivity index (χ2v) is 6.10. The van der Waals surface area contributed by atoms with Gasteiger partial charge in [-0.15, -0.1) is 0 Å². The van der Waals surface area contributed by atoms with Crippen molar-refractivity contribution in [2.45, 2.75) is 26.2 Å². The van der Waals surface area contributed by atoms with Crippen LogP contribution in [0.4, 0.5) is 0 Å². The molecule has 0 aliphatic carbocycles. The van der Waals surface area contributed by atoms with Gasteiger partial charge in [-0.05, 0) is 63.5 Å². The van der Waals surface area contributed by atoms with E-state index in [1.165, 1.54) is 0 Å². The number of halogens is 1. The van der Waals surface area contributed by atoms with Gasteiger partial charge in [0.05, 0.1) is 0 Å². The largest absolute Gasteiger partial charge is 0.492 e. The average Bonchev–Trinajstić information content (AvgIpc) is 2.75. The molecule has 1 aromatic carbocycles. The third kappa shape index (κ3) is 5.50. The first-order valence-corrected chi connectivity index (χ1v) is 8.45. The first-order chi connectivity index (χ1) is 10.7. The number of hydrogen-bond donors (Lipinski definition) is 1. The van der Waals surface area contributed by atoms with E-state index in [-0.39, 0.29) is 11.8 Å². The number of ether oxygens (including phenoxy) is 1. The minimum absolute atomic E-state index is 0.169. The van der Waals surface area contributed by atoms with Gasteiger partial charge in [0.25, 0.3) is 0 Å². The minimum Gasteiger partial charge on any atom is -0.492 e. The number of nitrogens with zero attached hydrogens (tertiary/aromatic N) is 1. The highest BCUT2D eigenvalue weighted by Crippen LogP contribution is 2.18. The molecule has 0 aromatic heterocycles. The lowest BCUT2D eigenvalue weighted by Gasteiger charge is -2.20. The first-order valence-electron chi connectivity index (χ1n) is 8.07. The molecule has 0 radical (unpaired) electrons. The van der Waals surface area contributed by atoms with E-state index in [1.807, 2.05) is 31.2 Å². The Morgan fingerprint density at radius 3 is 2.82 bits per heavy atom. The molecule has 0 saturated carbocycles. The molecular formula is C17H25ClN2O2. The van der Waals surface area contributed by atoms with Crippen LogP contribution in [0, 0.1) is 5.92 Å². The first kappa shape index (κ1) is 17.1. The number of rotatable bonds is 6. The van der Waals surface area contributed by atoms with Crippen LogP contribution in [-0.4, -0.2) is 43.6 Å². The molecule has 1 saturated heterocycles. The molecule has 1 fully saturated rings. The van der Waals surface area contributed by atoms with Crippen LogP contribution in [-0.2, 0) is 4.79 Å². The lowest BCUT2D eigenvalue weighted by atomic mass is 10.00. The smallest absolute Gasteiger partial charge is 0.223 e. The van der Waals surface area contributed by atoms with E-state index in [9.17, 15) is 4.79 Å². The highest BCUT2D eigenvalue weighted by Gasteiger charge is 2.22. The third-order valence-electron chi connectivity index (χ3n) is 4.03. The Balaban J connectivity index is 1.70. The third-order valence-corrected chi connectivity index (χ3v) is 4.28. The van der Waals surface area contributed by atoms with Crippen LogP contribution in [0.1, 0.15) is 26.2 Å². The lowest BCUT2D eigenvalue weighted by molar-refractivity contribution is -0.125. The summed E-state index contributed by atoms with van der Waals surface area (Å²) in [6, 6.07) is 7.44. The number of benzene rings is 1. The van der Waals surface area contributed by atoms with Crippen LogP contribution in [0.15, 0.2) is 24.3 Å². The average molecular weight is 325 g/mol. The number of hydrogen-bond acceptors (Lipinski definition) is 3. The second kappa shape index (κ2) is 9.01. The van der Waals surface area contributed by atoms with Crippen molar-refractivity contribution in [1.29, 1.82) is 0 Å². The van der Waals surface area contributed by atoms with Gasteiger partial charge in [0, 0.05) is 24.0 Å². The Morgan fingerprint density at radius 1 is 1.32 bits per heavy atom. The molecule has 0 spiro atoms. The fraction of sp³-hybridized carbons (Fsp3) is 0.588. The van der Waals surface area contributed by atoms with E-state index in [1.54, 1.807) is 0 Å². The molecule has 1 aromatic rings. The fourth-order valence-corrected chi connectivity index (χ4v) is 2.91. The van der Waals surface area contributed by atoms with Crippen LogP contribution in [0.5, 0.6) is 5.75 Å². The van der Waals surface area contributed by atoms with Gasteiger partial charge in [0.1, 0.15) is 12.4 Å². The molecule has 4 nitrogen and oxygen atoms in total. The summed E-state index contributed by atoms with van der Waals surface area (Å²) in [7, 11) is 0. The molecule has 1 atom stereocenters. The Labute approximate surface area is 137 Å². The van der Waals surface area contributed by atoms with Crippen LogP contribution in [0.25, 0.3) is 0 Å². The van der Waals surface area contributed by atoms with E-state index in [2.05, 4.69) is 10.2 Å². The van der Waals surface area contributed by atoms with Crippen LogP contribution in [0.3, 0.4) is 0 Å². The van der Waals surface area contributed by atoms with Crippen molar-refractivity contribution in [3.05, 3.63) is 29.3 Å². The molecule has 1 heterocycles. The number of carbonyl (C=O) groups excluding carboxylic acids is 1. The van der Waals surface area contributed by atoms with Crippen LogP contribution >= 0.6 is 11.6 Å². The van der Waals surface area contributed by atoms with Crippen molar-refractivity contribution in [1.82, 2.24) is 10.2 Å². The van der Waals surface area contributed by atoms with Gasteiger partial charge in [-0.1, -0.05) is 11.6 Å². The molecule has 1 amide bonds. The quantitative estimate of drug-likeness (QED) is 0.874. The predicted octanol–water partition coefficient (Wildman–Crippen LogP) is 2.96. The van der Waals surface area contributed by atoms with Crippen molar-refractivity contribution >= 4 is 17.5 Å². The van der Waals surface area contributed by atoms with Crippen molar-refractivity contribution in [2.75, 3.05) is 32.8 Å². The van der Waals surface area contributed by atoms with Crippen molar-refractivity contribution in [2.24, 2.45) is 5.92 Å². The number of likely N-dealkylation sites (tertiary alicyclic amines) is 1. The van der Waals surface area contributed by atoms with Gasteiger partial charge in [0.2, 0.25) is 5.91 Å². The Kier molecular flexibility index (Phi) is 7.00. The summed E-state index contributed by atoms with van der Waals surface area (Å²) >= 11 is 5.85. The van der Waals surface area contributed by atoms with Gasteiger partial charge in [-0.25, -0.2) is 0 Å². The van der Waals surface area contributed by atoms with Crippen molar-refractivity contribution in [3.8, 4) is 5.75 Å². The normalized spacial score (nSPS) is 19.5. The highest BCUT2D eigenvalue weighted by molar-refractivity contribution is 6.30. The number of carbonyl (C=O) groups is 1. The highest BCUT2D eigenvalue weighted by atomic mass is 35.5. The van der Waals surface area contributed by atoms with E-state index < -0.39 is 0 Å². The molecule has 1 aliphatic rings. The zero-order chi connectivity index (χ0) is 15.8. The van der Waals surface area contributed by atoms with Crippen LogP contribution in [0.2, 0.25) is 5.02 Å². The lowest BCUT2D eigenvalue weighted by Crippen LogP contribution is -2.32. The van der Waals surface area contributed by atoms with Gasteiger partial charge in [0.15, 0.2) is 0 Å². The van der Waals surface area contributed by atoms with Crippen LogP contribution < -0.4 is 10.1 Å². The number of nitrogens with one attached hydrogen (secondary N) is 1. The Morgan fingerprint density at radius 2 is 2.09 bits per heavy atom. The van der Waals surface area contributed by atoms with Gasteiger partial charge < -0.3 is 10.1 Å². The molecule has 22 heavy (non-hydrogen) atoms. The topological polar surface area (TPSA) is 41.6 Å². The maximum Gasteiger partial charge on any atom is 0.223 e. The number of amides is 1. The summed E-state index contributed by atoms with van der Waals surface area (Å²) in [4.78, 5) is 14.3. The summed E-state index contributed by atoms with van der Waals surface area (Å²) in [5.74, 6) is 1.23.